The van der Waals surface area contributed by atoms with Crippen LogP contribution in [0.5, 0.6) is 0 Å². The van der Waals surface area contributed by atoms with E-state index in [0.717, 1.165) is 0 Å². The van der Waals surface area contributed by atoms with Crippen molar-refractivity contribution in [2.75, 3.05) is 37.0 Å². The summed E-state index contributed by atoms with van der Waals surface area (Å²) in [5.41, 5.74) is 0.209. The molecular weight excluding hydrogens is 400 g/mol. The number of nitrogens with zero attached hydrogens (tertiary/aromatic N) is 5. The lowest BCUT2D eigenvalue weighted by atomic mass is 10.1. The predicted molar refractivity (Wildman–Crippen MR) is 108 cm³/mol. The van der Waals surface area contributed by atoms with Crippen molar-refractivity contribution in [3.05, 3.63) is 17.3 Å². The molecule has 11 heteroatoms. The Morgan fingerprint density at radius 1 is 1.38 bits per heavy atom. The Balaban J connectivity index is 1.80. The van der Waals surface area contributed by atoms with Crippen molar-refractivity contribution < 1.29 is 19.4 Å². The maximum atomic E-state index is 12.2. The van der Waals surface area contributed by atoms with E-state index in [1.807, 2.05) is 25.7 Å². The van der Waals surface area contributed by atoms with Crippen LogP contribution >= 0.6 is 11.6 Å². The summed E-state index contributed by atoms with van der Waals surface area (Å²) >= 11 is 5.96. The molecule has 29 heavy (non-hydrogen) atoms. The molecule has 1 saturated heterocycles. The zero-order valence-electron chi connectivity index (χ0n) is 16.6. The highest BCUT2D eigenvalue weighted by Gasteiger charge is 2.36. The lowest BCUT2D eigenvalue weighted by molar-refractivity contribution is -0.118. The fourth-order valence-electron chi connectivity index (χ4n) is 2.75. The first-order valence-electron chi connectivity index (χ1n) is 9.02. The molecule has 0 aromatic carbocycles. The summed E-state index contributed by atoms with van der Waals surface area (Å²) in [5, 5.41) is 12.0. The highest BCUT2D eigenvalue weighted by Crippen LogP contribution is 2.30. The van der Waals surface area contributed by atoms with Crippen LogP contribution in [0.2, 0.25) is 5.02 Å². The molecule has 0 saturated carbocycles. The van der Waals surface area contributed by atoms with E-state index in [1.54, 1.807) is 18.0 Å². The smallest absolute Gasteiger partial charge is 0.410 e. The van der Waals surface area contributed by atoms with E-state index < -0.39 is 24.2 Å². The Bertz CT molecular complexity index is 942. The molecule has 0 bridgehead atoms. The Kier molecular flexibility index (Phi) is 5.76. The first-order chi connectivity index (χ1) is 13.6. The van der Waals surface area contributed by atoms with Crippen molar-refractivity contribution in [1.82, 2.24) is 19.9 Å². The molecule has 10 nitrogen and oxygen atoms in total. The molecule has 1 aliphatic rings. The third-order valence-electron chi connectivity index (χ3n) is 4.26. The largest absolute Gasteiger partial charge is 0.444 e. The summed E-state index contributed by atoms with van der Waals surface area (Å²) < 4.78 is 5.39. The molecule has 2 aromatic heterocycles. The van der Waals surface area contributed by atoms with Gasteiger partial charge in [-0.25, -0.2) is 19.7 Å². The number of carbonyl (C=O) groups is 2. The van der Waals surface area contributed by atoms with Crippen LogP contribution < -0.4 is 10.2 Å². The third kappa shape index (κ3) is 4.83. The van der Waals surface area contributed by atoms with Gasteiger partial charge in [-0.3, -0.25) is 4.79 Å². The van der Waals surface area contributed by atoms with Gasteiger partial charge < -0.3 is 25.0 Å². The lowest BCUT2D eigenvalue weighted by Gasteiger charge is -2.44. The summed E-state index contributed by atoms with van der Waals surface area (Å²) in [6.07, 6.45) is 1.06. The van der Waals surface area contributed by atoms with Crippen LogP contribution in [0.25, 0.3) is 11.2 Å². The number of likely N-dealkylation sites (N-methyl/N-ethyl adjacent to an activating group) is 1. The van der Waals surface area contributed by atoms with Gasteiger partial charge in [0.2, 0.25) is 0 Å². The number of pyridine rings is 1. The molecule has 0 aliphatic carbocycles. The molecule has 0 spiro atoms. The molecule has 0 radical (unpaired) electrons. The van der Waals surface area contributed by atoms with Crippen molar-refractivity contribution in [2.24, 2.45) is 0 Å². The number of hydrogen-bond donors (Lipinski definition) is 2. The number of halogens is 1. The van der Waals surface area contributed by atoms with Gasteiger partial charge in [0.05, 0.1) is 11.1 Å². The van der Waals surface area contributed by atoms with E-state index in [9.17, 15) is 9.59 Å². The van der Waals surface area contributed by atoms with E-state index in [-0.39, 0.29) is 11.9 Å². The summed E-state index contributed by atoms with van der Waals surface area (Å²) in [5.74, 6) is -0.0141. The van der Waals surface area contributed by atoms with Gasteiger partial charge in [0.15, 0.2) is 17.3 Å². The van der Waals surface area contributed by atoms with Crippen LogP contribution in [0.4, 0.5) is 16.4 Å². The highest BCUT2D eigenvalue weighted by atomic mass is 35.5. The number of aliphatic hydroxyl groups excluding tert-OH is 1. The van der Waals surface area contributed by atoms with Crippen molar-refractivity contribution in [3.63, 3.8) is 0 Å². The van der Waals surface area contributed by atoms with Gasteiger partial charge in [-0.15, -0.1) is 0 Å². The predicted octanol–water partition coefficient (Wildman–Crippen LogP) is 1.66. The second-order valence-corrected chi connectivity index (χ2v) is 8.18. The molecule has 3 rings (SSSR count). The third-order valence-corrected chi connectivity index (χ3v) is 4.47. The molecule has 1 fully saturated rings. The average molecular weight is 423 g/mol. The maximum absolute atomic E-state index is 12.2. The standard InChI is InChI=1S/C18H23ClN6O4/c1-18(2,3)29-17(28)24(4)11-7-25(8-11)16-15(22-13(27)9-26)21-12-5-10(19)6-20-14(12)23-16/h5-6,11,26H,7-9H2,1-4H3,(H,21,22,27). The van der Waals surface area contributed by atoms with Gasteiger partial charge in [-0.1, -0.05) is 11.6 Å². The summed E-state index contributed by atoms with van der Waals surface area (Å²) in [6.45, 7) is 5.71. The van der Waals surface area contributed by atoms with E-state index in [0.29, 0.717) is 35.1 Å². The number of rotatable bonds is 4. The Morgan fingerprint density at radius 2 is 2.07 bits per heavy atom. The van der Waals surface area contributed by atoms with Crippen LogP contribution in [0.15, 0.2) is 12.3 Å². The number of anilines is 2. The molecule has 0 unspecified atom stereocenters. The monoisotopic (exact) mass is 422 g/mol. The number of nitrogens with one attached hydrogen (secondary N) is 1. The quantitative estimate of drug-likeness (QED) is 0.763. The van der Waals surface area contributed by atoms with E-state index in [1.165, 1.54) is 6.20 Å². The first-order valence-corrected chi connectivity index (χ1v) is 9.40. The van der Waals surface area contributed by atoms with Crippen molar-refractivity contribution in [1.29, 1.82) is 0 Å². The molecule has 0 atom stereocenters. The number of aromatic nitrogens is 3. The molecule has 1 aliphatic heterocycles. The fraction of sp³-hybridized carbons (Fsp3) is 0.500. The van der Waals surface area contributed by atoms with Crippen LogP contribution in [-0.2, 0) is 9.53 Å². The zero-order valence-corrected chi connectivity index (χ0v) is 17.4. The summed E-state index contributed by atoms with van der Waals surface area (Å²) in [4.78, 5) is 40.4. The van der Waals surface area contributed by atoms with Gasteiger partial charge in [-0.05, 0) is 26.8 Å². The summed E-state index contributed by atoms with van der Waals surface area (Å²) in [6, 6.07) is 1.51. The number of amides is 2. The Labute approximate surface area is 172 Å². The lowest BCUT2D eigenvalue weighted by Crippen LogP contribution is -2.60. The molecule has 3 heterocycles. The minimum atomic E-state index is -0.684. The van der Waals surface area contributed by atoms with E-state index in [4.69, 9.17) is 21.4 Å². The van der Waals surface area contributed by atoms with E-state index >= 15 is 0 Å². The van der Waals surface area contributed by atoms with Crippen LogP contribution in [-0.4, -0.2) is 75.3 Å². The van der Waals surface area contributed by atoms with Crippen molar-refractivity contribution in [2.45, 2.75) is 32.4 Å². The van der Waals surface area contributed by atoms with Gasteiger partial charge >= 0.3 is 6.09 Å². The highest BCUT2D eigenvalue weighted by molar-refractivity contribution is 6.31. The minimum Gasteiger partial charge on any atom is -0.444 e. The Morgan fingerprint density at radius 3 is 2.69 bits per heavy atom. The molecule has 2 N–H and O–H groups in total. The number of carbonyl (C=O) groups excluding carboxylic acids is 2. The number of ether oxygens (including phenoxy) is 1. The zero-order chi connectivity index (χ0) is 21.3. The van der Waals surface area contributed by atoms with Crippen LogP contribution in [0.1, 0.15) is 20.8 Å². The average Bonchev–Trinajstić information content (AvgIpc) is 2.59. The number of aliphatic hydroxyl groups is 1. The van der Waals surface area contributed by atoms with E-state index in [2.05, 4.69) is 20.3 Å². The number of fused-ring (bicyclic) bond motifs is 1. The first kappa shape index (κ1) is 21.0. The topological polar surface area (TPSA) is 121 Å². The Hall–Kier alpha value is -2.72. The second-order valence-electron chi connectivity index (χ2n) is 7.75. The second kappa shape index (κ2) is 7.96. The molecule has 2 amide bonds. The van der Waals surface area contributed by atoms with Crippen LogP contribution in [0.3, 0.4) is 0 Å². The fourth-order valence-corrected chi connectivity index (χ4v) is 2.90. The van der Waals surface area contributed by atoms with Gasteiger partial charge in [0, 0.05) is 26.3 Å². The van der Waals surface area contributed by atoms with Gasteiger partial charge in [-0.2, -0.15) is 0 Å². The number of hydrogen-bond acceptors (Lipinski definition) is 8. The van der Waals surface area contributed by atoms with Gasteiger partial charge in [0.25, 0.3) is 5.91 Å². The normalized spacial score (nSPS) is 14.5. The van der Waals surface area contributed by atoms with Crippen LogP contribution in [0, 0.1) is 0 Å². The SMILES string of the molecule is CN(C(=O)OC(C)(C)C)C1CN(c2nc3ncc(Cl)cc3nc2NC(=O)CO)C1. The molecule has 156 valence electrons. The van der Waals surface area contributed by atoms with Crippen molar-refractivity contribution in [3.8, 4) is 0 Å². The summed E-state index contributed by atoms with van der Waals surface area (Å²) in [7, 11) is 1.68. The molecule has 2 aromatic rings. The maximum Gasteiger partial charge on any atom is 0.410 e. The van der Waals surface area contributed by atoms with Crippen molar-refractivity contribution >= 4 is 46.4 Å². The molecular formula is C18H23ClN6O4. The van der Waals surface area contributed by atoms with Gasteiger partial charge in [0.1, 0.15) is 17.7 Å². The minimum absolute atomic E-state index is 0.0816.